The summed E-state index contributed by atoms with van der Waals surface area (Å²) < 4.78 is 15.9. The summed E-state index contributed by atoms with van der Waals surface area (Å²) in [7, 11) is 1.62. The Labute approximate surface area is 160 Å². The summed E-state index contributed by atoms with van der Waals surface area (Å²) in [5, 5.41) is 0. The number of imidazole rings is 1. The molecular formula is C21H17N3O4. The van der Waals surface area contributed by atoms with Crippen molar-refractivity contribution in [3.8, 4) is 34.4 Å². The minimum absolute atomic E-state index is 0.360. The van der Waals surface area contributed by atoms with Crippen molar-refractivity contribution in [3.05, 3.63) is 66.7 Å². The normalized spacial score (nSPS) is 10.6. The number of nitrogens with zero attached hydrogens (tertiary/aromatic N) is 1. The van der Waals surface area contributed by atoms with E-state index in [9.17, 15) is 4.79 Å². The maximum Gasteiger partial charge on any atom is 0.409 e. The van der Waals surface area contributed by atoms with Crippen LogP contribution < -0.4 is 19.9 Å². The van der Waals surface area contributed by atoms with Gasteiger partial charge in [0.2, 0.25) is 0 Å². The van der Waals surface area contributed by atoms with Crippen LogP contribution in [0.25, 0.3) is 22.4 Å². The van der Waals surface area contributed by atoms with Crippen LogP contribution in [-0.4, -0.2) is 23.2 Å². The number of aromatic amines is 1. The Hall–Kier alpha value is -4.00. The van der Waals surface area contributed by atoms with Crippen molar-refractivity contribution in [1.82, 2.24) is 9.97 Å². The van der Waals surface area contributed by atoms with E-state index in [-0.39, 0.29) is 0 Å². The van der Waals surface area contributed by atoms with Crippen molar-refractivity contribution >= 4 is 17.1 Å². The Morgan fingerprint density at radius 1 is 0.893 bits per heavy atom. The number of nitrogens with two attached hydrogens (primary N) is 1. The Morgan fingerprint density at radius 2 is 1.50 bits per heavy atom. The first-order valence-electron chi connectivity index (χ1n) is 8.50. The highest BCUT2D eigenvalue weighted by molar-refractivity contribution is 5.81. The summed E-state index contributed by atoms with van der Waals surface area (Å²) in [5.74, 6) is 3.26. The van der Waals surface area contributed by atoms with E-state index in [1.165, 1.54) is 0 Å². The smallest absolute Gasteiger partial charge is 0.409 e. The highest BCUT2D eigenvalue weighted by Crippen LogP contribution is 2.28. The molecule has 0 aliphatic carbocycles. The second kappa shape index (κ2) is 7.32. The quantitative estimate of drug-likeness (QED) is 0.535. The number of nitrogens with one attached hydrogen (secondary N) is 1. The van der Waals surface area contributed by atoms with Crippen LogP contribution >= 0.6 is 0 Å². The van der Waals surface area contributed by atoms with Gasteiger partial charge in [0.05, 0.1) is 18.1 Å². The molecule has 3 N–H and O–H groups in total. The maximum absolute atomic E-state index is 10.9. The first-order chi connectivity index (χ1) is 13.6. The number of primary amides is 1. The van der Waals surface area contributed by atoms with Crippen LogP contribution in [0.2, 0.25) is 0 Å². The summed E-state index contributed by atoms with van der Waals surface area (Å²) >= 11 is 0. The second-order valence-corrected chi connectivity index (χ2v) is 5.99. The van der Waals surface area contributed by atoms with Gasteiger partial charge in [-0.3, -0.25) is 0 Å². The van der Waals surface area contributed by atoms with E-state index in [1.54, 1.807) is 25.3 Å². The third kappa shape index (κ3) is 3.73. The third-order valence-corrected chi connectivity index (χ3v) is 4.09. The van der Waals surface area contributed by atoms with E-state index in [0.717, 1.165) is 28.1 Å². The molecule has 7 heteroatoms. The zero-order valence-electron chi connectivity index (χ0n) is 15.0. The number of hydrogen-bond acceptors (Lipinski definition) is 5. The summed E-state index contributed by atoms with van der Waals surface area (Å²) in [6.45, 7) is 0. The topological polar surface area (TPSA) is 99.5 Å². The molecule has 4 aromatic rings. The van der Waals surface area contributed by atoms with Crippen LogP contribution in [-0.2, 0) is 0 Å². The average Bonchev–Trinajstić information content (AvgIpc) is 3.12. The molecule has 0 bridgehead atoms. The lowest BCUT2D eigenvalue weighted by Crippen LogP contribution is -2.16. The molecule has 0 spiro atoms. The molecule has 0 saturated carbocycles. The number of carbonyl (C=O) groups is 1. The predicted octanol–water partition coefficient (Wildman–Crippen LogP) is 4.49. The van der Waals surface area contributed by atoms with Crippen LogP contribution in [0, 0.1) is 0 Å². The van der Waals surface area contributed by atoms with Crippen LogP contribution in [0.4, 0.5) is 4.79 Å². The summed E-state index contributed by atoms with van der Waals surface area (Å²) in [6, 6.07) is 20.0. The average molecular weight is 375 g/mol. The van der Waals surface area contributed by atoms with Gasteiger partial charge in [0.25, 0.3) is 0 Å². The molecule has 3 aromatic carbocycles. The maximum atomic E-state index is 10.9. The van der Waals surface area contributed by atoms with Gasteiger partial charge in [-0.05, 0) is 60.7 Å². The molecule has 0 fully saturated rings. The molecule has 28 heavy (non-hydrogen) atoms. The van der Waals surface area contributed by atoms with Crippen molar-refractivity contribution in [2.45, 2.75) is 0 Å². The molecule has 7 nitrogen and oxygen atoms in total. The molecular weight excluding hydrogens is 358 g/mol. The van der Waals surface area contributed by atoms with Gasteiger partial charge in [-0.25, -0.2) is 9.78 Å². The monoisotopic (exact) mass is 375 g/mol. The van der Waals surface area contributed by atoms with Gasteiger partial charge in [0, 0.05) is 11.6 Å². The standard InChI is InChI=1S/C21H17N3O4/c1-26-14-6-8-16(9-7-14)27-15-4-2-13(3-5-15)20-23-18-11-10-17(28-21(22)25)12-19(18)24-20/h2-12H,1H3,(H2,22,25)(H,23,24). The second-order valence-electron chi connectivity index (χ2n) is 5.99. The van der Waals surface area contributed by atoms with E-state index in [0.29, 0.717) is 17.3 Å². The van der Waals surface area contributed by atoms with E-state index >= 15 is 0 Å². The number of fused-ring (bicyclic) bond motifs is 1. The summed E-state index contributed by atoms with van der Waals surface area (Å²) in [4.78, 5) is 18.6. The molecule has 0 radical (unpaired) electrons. The van der Waals surface area contributed by atoms with E-state index < -0.39 is 6.09 Å². The lowest BCUT2D eigenvalue weighted by molar-refractivity contribution is 0.211. The number of carbonyl (C=O) groups excluding carboxylic acids is 1. The molecule has 0 aliphatic heterocycles. The zero-order valence-corrected chi connectivity index (χ0v) is 15.0. The zero-order chi connectivity index (χ0) is 19.5. The SMILES string of the molecule is COc1ccc(Oc2ccc(-c3nc4ccc(OC(N)=O)cc4[nH]3)cc2)cc1. The number of ether oxygens (including phenoxy) is 3. The van der Waals surface area contributed by atoms with E-state index in [4.69, 9.17) is 19.9 Å². The fourth-order valence-corrected chi connectivity index (χ4v) is 2.77. The van der Waals surface area contributed by atoms with Crippen LogP contribution in [0.3, 0.4) is 0 Å². The Bertz CT molecular complexity index is 1120. The minimum atomic E-state index is -0.855. The number of hydrogen-bond donors (Lipinski definition) is 2. The van der Waals surface area contributed by atoms with Gasteiger partial charge >= 0.3 is 6.09 Å². The van der Waals surface area contributed by atoms with Gasteiger partial charge in [-0.1, -0.05) is 0 Å². The van der Waals surface area contributed by atoms with Crippen molar-refractivity contribution in [3.63, 3.8) is 0 Å². The van der Waals surface area contributed by atoms with Crippen molar-refractivity contribution in [1.29, 1.82) is 0 Å². The van der Waals surface area contributed by atoms with E-state index in [2.05, 4.69) is 9.97 Å². The molecule has 0 saturated heterocycles. The van der Waals surface area contributed by atoms with E-state index in [1.807, 2.05) is 48.5 Å². The van der Waals surface area contributed by atoms with Gasteiger partial charge in [0.1, 0.15) is 28.8 Å². The van der Waals surface area contributed by atoms with Gasteiger partial charge in [0.15, 0.2) is 0 Å². The summed E-state index contributed by atoms with van der Waals surface area (Å²) in [5.41, 5.74) is 7.44. The summed E-state index contributed by atoms with van der Waals surface area (Å²) in [6.07, 6.45) is -0.855. The van der Waals surface area contributed by atoms with Crippen molar-refractivity contribution in [2.24, 2.45) is 5.73 Å². The molecule has 0 aliphatic rings. The molecule has 1 heterocycles. The van der Waals surface area contributed by atoms with Gasteiger partial charge < -0.3 is 24.9 Å². The third-order valence-electron chi connectivity index (χ3n) is 4.09. The largest absolute Gasteiger partial charge is 0.497 e. The first kappa shape index (κ1) is 17.4. The Balaban J connectivity index is 1.53. The number of aromatic nitrogens is 2. The van der Waals surface area contributed by atoms with Crippen LogP contribution in [0.5, 0.6) is 23.0 Å². The Morgan fingerprint density at radius 3 is 2.14 bits per heavy atom. The molecule has 0 atom stereocenters. The molecule has 140 valence electrons. The predicted molar refractivity (Wildman–Crippen MR) is 105 cm³/mol. The van der Waals surface area contributed by atoms with Gasteiger partial charge in [-0.15, -0.1) is 0 Å². The number of rotatable bonds is 5. The lowest BCUT2D eigenvalue weighted by Gasteiger charge is -2.07. The fraction of sp³-hybridized carbons (Fsp3) is 0.0476. The minimum Gasteiger partial charge on any atom is -0.497 e. The first-order valence-corrected chi connectivity index (χ1v) is 8.50. The number of H-pyrrole nitrogens is 1. The highest BCUT2D eigenvalue weighted by Gasteiger charge is 2.08. The highest BCUT2D eigenvalue weighted by atomic mass is 16.5. The van der Waals surface area contributed by atoms with Crippen molar-refractivity contribution in [2.75, 3.05) is 7.11 Å². The van der Waals surface area contributed by atoms with Crippen LogP contribution in [0.15, 0.2) is 66.7 Å². The Kier molecular flexibility index (Phi) is 4.55. The van der Waals surface area contributed by atoms with Crippen molar-refractivity contribution < 1.29 is 19.0 Å². The molecule has 1 aromatic heterocycles. The molecule has 0 unspecified atom stereocenters. The number of methoxy groups -OCH3 is 1. The fourth-order valence-electron chi connectivity index (χ4n) is 2.77. The number of benzene rings is 3. The number of amides is 1. The lowest BCUT2D eigenvalue weighted by atomic mass is 10.2. The molecule has 4 rings (SSSR count). The van der Waals surface area contributed by atoms with Crippen LogP contribution in [0.1, 0.15) is 0 Å². The molecule has 1 amide bonds. The van der Waals surface area contributed by atoms with Gasteiger partial charge in [-0.2, -0.15) is 0 Å².